The number of nitrogens with zero attached hydrogens (tertiary/aromatic N) is 3. The van der Waals surface area contributed by atoms with Crippen LogP contribution in [-0.4, -0.2) is 21.3 Å². The Morgan fingerprint density at radius 3 is 2.71 bits per heavy atom. The van der Waals surface area contributed by atoms with Gasteiger partial charge in [0.05, 0.1) is 0 Å². The summed E-state index contributed by atoms with van der Waals surface area (Å²) >= 11 is 0. The molecule has 0 spiro atoms. The molecule has 5 rings (SSSR count). The number of amidine groups is 1. The summed E-state index contributed by atoms with van der Waals surface area (Å²) in [5.74, 6) is 9.13. The summed E-state index contributed by atoms with van der Waals surface area (Å²) in [6, 6.07) is 10.1. The highest BCUT2D eigenvalue weighted by atomic mass is 16.3. The topological polar surface area (TPSA) is 38.4 Å². The molecule has 1 atom stereocenters. The standard InChI is InChI=1S/C27H28N3O/c1-20(2)21-15-17-30(23-9-4-3-5-10-23)19-25(29-27(30)18-21)26-14-13-24(31-26)12-11-22-8-6-7-16-28-22/h6-8,13-20,23H,3-5,9-10H2,1-2H3/q+1. The van der Waals surface area contributed by atoms with Crippen LogP contribution in [-0.2, 0) is 0 Å². The minimum absolute atomic E-state index is 0.480. The second-order valence-corrected chi connectivity index (χ2v) is 8.85. The molecule has 0 radical (unpaired) electrons. The van der Waals surface area contributed by atoms with Gasteiger partial charge in [0.25, 0.3) is 0 Å². The zero-order valence-electron chi connectivity index (χ0n) is 18.2. The highest BCUT2D eigenvalue weighted by molar-refractivity contribution is 5.97. The molecule has 4 heterocycles. The van der Waals surface area contributed by atoms with Crippen molar-refractivity contribution in [3.05, 3.63) is 83.9 Å². The van der Waals surface area contributed by atoms with Crippen LogP contribution >= 0.6 is 0 Å². The fourth-order valence-corrected chi connectivity index (χ4v) is 4.68. The number of aliphatic imine (C=N–C) groups is 1. The molecule has 0 amide bonds. The number of aromatic nitrogens is 1. The van der Waals surface area contributed by atoms with Crippen molar-refractivity contribution in [2.45, 2.75) is 52.0 Å². The van der Waals surface area contributed by atoms with Gasteiger partial charge in [-0.25, -0.2) is 9.47 Å². The van der Waals surface area contributed by atoms with E-state index in [1.165, 1.54) is 37.7 Å². The summed E-state index contributed by atoms with van der Waals surface area (Å²) < 4.78 is 6.79. The first-order chi connectivity index (χ1) is 15.1. The Balaban J connectivity index is 1.48. The number of hydrogen-bond donors (Lipinski definition) is 0. The zero-order valence-corrected chi connectivity index (χ0v) is 18.2. The van der Waals surface area contributed by atoms with Crippen molar-refractivity contribution in [2.75, 3.05) is 0 Å². The fraction of sp³-hybridized carbons (Fsp3) is 0.333. The monoisotopic (exact) mass is 410 g/mol. The van der Waals surface area contributed by atoms with E-state index in [1.54, 1.807) is 6.20 Å². The van der Waals surface area contributed by atoms with Gasteiger partial charge in [0.2, 0.25) is 5.84 Å². The van der Waals surface area contributed by atoms with Gasteiger partial charge in [0, 0.05) is 25.1 Å². The van der Waals surface area contributed by atoms with Crippen molar-refractivity contribution >= 4 is 11.5 Å². The van der Waals surface area contributed by atoms with Crippen molar-refractivity contribution in [1.82, 2.24) is 4.98 Å². The highest BCUT2D eigenvalue weighted by Gasteiger charge is 2.45. The number of allylic oxidation sites excluding steroid dienone is 2. The van der Waals surface area contributed by atoms with Crippen molar-refractivity contribution < 1.29 is 8.90 Å². The lowest BCUT2D eigenvalue weighted by molar-refractivity contribution is -0.761. The Morgan fingerprint density at radius 1 is 1.06 bits per heavy atom. The van der Waals surface area contributed by atoms with Crippen LogP contribution in [0.5, 0.6) is 0 Å². The van der Waals surface area contributed by atoms with Crippen molar-refractivity contribution in [2.24, 2.45) is 10.9 Å². The minimum Gasteiger partial charge on any atom is -0.446 e. The fourth-order valence-electron chi connectivity index (χ4n) is 4.68. The van der Waals surface area contributed by atoms with Crippen LogP contribution in [0.15, 0.2) is 76.1 Å². The number of quaternary nitrogens is 1. The van der Waals surface area contributed by atoms with E-state index >= 15 is 0 Å². The molecular weight excluding hydrogens is 382 g/mol. The number of furan rings is 1. The zero-order chi connectivity index (χ0) is 21.3. The van der Waals surface area contributed by atoms with Gasteiger partial charge >= 0.3 is 0 Å². The molecule has 156 valence electrons. The molecule has 0 aromatic carbocycles. The summed E-state index contributed by atoms with van der Waals surface area (Å²) in [6.45, 7) is 4.47. The van der Waals surface area contributed by atoms with Crippen LogP contribution < -0.4 is 0 Å². The van der Waals surface area contributed by atoms with Gasteiger partial charge in [0.1, 0.15) is 24.1 Å². The predicted octanol–water partition coefficient (Wildman–Crippen LogP) is 6.04. The normalized spacial score (nSPS) is 23.0. The van der Waals surface area contributed by atoms with Gasteiger partial charge in [-0.15, -0.1) is 0 Å². The summed E-state index contributed by atoms with van der Waals surface area (Å²) in [4.78, 5) is 9.30. The Kier molecular flexibility index (Phi) is 5.21. The van der Waals surface area contributed by atoms with Gasteiger partial charge in [-0.05, 0) is 66.5 Å². The van der Waals surface area contributed by atoms with Gasteiger partial charge < -0.3 is 4.42 Å². The third-order valence-corrected chi connectivity index (χ3v) is 6.46. The van der Waals surface area contributed by atoms with Crippen molar-refractivity contribution in [1.29, 1.82) is 0 Å². The molecule has 1 fully saturated rings. The molecule has 0 bridgehead atoms. The molecule has 31 heavy (non-hydrogen) atoms. The van der Waals surface area contributed by atoms with Crippen LogP contribution in [0.4, 0.5) is 0 Å². The Bertz CT molecular complexity index is 1150. The van der Waals surface area contributed by atoms with Crippen LogP contribution in [0.3, 0.4) is 0 Å². The maximum Gasteiger partial charge on any atom is 0.238 e. The van der Waals surface area contributed by atoms with E-state index < -0.39 is 0 Å². The highest BCUT2D eigenvalue weighted by Crippen LogP contribution is 2.40. The molecule has 1 unspecified atom stereocenters. The Hall–Kier alpha value is -3.16. The molecule has 1 saturated carbocycles. The van der Waals surface area contributed by atoms with Gasteiger partial charge in [-0.1, -0.05) is 26.3 Å². The van der Waals surface area contributed by atoms with Crippen molar-refractivity contribution in [3.63, 3.8) is 0 Å². The van der Waals surface area contributed by atoms with E-state index in [9.17, 15) is 0 Å². The van der Waals surface area contributed by atoms with E-state index in [-0.39, 0.29) is 0 Å². The van der Waals surface area contributed by atoms with E-state index in [0.717, 1.165) is 27.5 Å². The van der Waals surface area contributed by atoms with Crippen LogP contribution in [0.25, 0.3) is 5.70 Å². The van der Waals surface area contributed by atoms with Crippen molar-refractivity contribution in [3.8, 4) is 11.8 Å². The van der Waals surface area contributed by atoms with E-state index in [1.807, 2.05) is 30.3 Å². The first kappa shape index (κ1) is 19.8. The van der Waals surface area contributed by atoms with Gasteiger partial charge in [0.15, 0.2) is 17.2 Å². The maximum atomic E-state index is 6.07. The Morgan fingerprint density at radius 2 is 1.94 bits per heavy atom. The van der Waals surface area contributed by atoms with E-state index in [2.05, 4.69) is 55.2 Å². The second-order valence-electron chi connectivity index (χ2n) is 8.85. The molecule has 4 nitrogen and oxygen atoms in total. The molecule has 2 aromatic rings. The molecule has 0 N–H and O–H groups in total. The molecule has 3 aliphatic rings. The second kappa shape index (κ2) is 8.17. The molecule has 4 heteroatoms. The van der Waals surface area contributed by atoms with Gasteiger partial charge in [-0.3, -0.25) is 0 Å². The van der Waals surface area contributed by atoms with Gasteiger partial charge in [-0.2, -0.15) is 4.99 Å². The summed E-state index contributed by atoms with van der Waals surface area (Å²) in [5.41, 5.74) is 2.97. The van der Waals surface area contributed by atoms with E-state index in [0.29, 0.717) is 17.7 Å². The summed E-state index contributed by atoms with van der Waals surface area (Å²) in [7, 11) is 0. The first-order valence-electron chi connectivity index (χ1n) is 11.3. The maximum absolute atomic E-state index is 6.07. The quantitative estimate of drug-likeness (QED) is 0.457. The lowest BCUT2D eigenvalue weighted by Crippen LogP contribution is -2.51. The molecule has 1 aliphatic carbocycles. The average molecular weight is 411 g/mol. The lowest BCUT2D eigenvalue weighted by atomic mass is 9.90. The van der Waals surface area contributed by atoms with Crippen LogP contribution in [0.1, 0.15) is 63.2 Å². The predicted molar refractivity (Wildman–Crippen MR) is 124 cm³/mol. The number of rotatable bonds is 3. The van der Waals surface area contributed by atoms with Crippen LogP contribution in [0, 0.1) is 17.8 Å². The summed E-state index contributed by atoms with van der Waals surface area (Å²) in [6.07, 6.45) is 17.4. The molecule has 2 aromatic heterocycles. The number of fused-ring (bicyclic) bond motifs is 1. The number of pyridine rings is 1. The largest absolute Gasteiger partial charge is 0.446 e. The third kappa shape index (κ3) is 3.82. The smallest absolute Gasteiger partial charge is 0.238 e. The SMILES string of the molecule is CC(C)C1=CC2=NC(c3ccc(C#Cc4ccccn4)o3)=C[N+]2(C2CCCCC2)C=C1. The summed E-state index contributed by atoms with van der Waals surface area (Å²) in [5, 5.41) is 0. The molecule has 0 saturated heterocycles. The van der Waals surface area contributed by atoms with Crippen LogP contribution in [0.2, 0.25) is 0 Å². The average Bonchev–Trinajstić information content (AvgIpc) is 3.44. The third-order valence-electron chi connectivity index (χ3n) is 6.46. The number of hydrogen-bond acceptors (Lipinski definition) is 3. The Labute approximate surface area is 184 Å². The molecular formula is C27H28N3O+. The molecule has 2 aliphatic heterocycles. The first-order valence-corrected chi connectivity index (χ1v) is 11.3. The van der Waals surface area contributed by atoms with E-state index in [4.69, 9.17) is 9.41 Å². The lowest BCUT2D eigenvalue weighted by Gasteiger charge is -2.39. The minimum atomic E-state index is 0.480.